The molecule has 9 heteroatoms. The molecule has 8 nitrogen and oxygen atoms in total. The zero-order chi connectivity index (χ0) is 21.3. The van der Waals surface area contributed by atoms with Crippen LogP contribution in [0.5, 0.6) is 0 Å². The summed E-state index contributed by atoms with van der Waals surface area (Å²) in [5.41, 5.74) is 2.99. The standard InChI is InChI=1S/C21H23FN6O2/c1-12-6-17(22)18(26-21(29)28-5-4-15(11-28)30-3)8-16(12)13-7-14-10-25-20(23-2)27-19(14)24-9-13/h6-10,15H,4-5,11H2,1-3H3,(H,26,29)(H,23,24,25,27)/t15-/m1/s1. The third-order valence-electron chi connectivity index (χ3n) is 5.29. The van der Waals surface area contributed by atoms with Crippen LogP contribution >= 0.6 is 0 Å². The number of ether oxygens (including phenoxy) is 1. The normalized spacial score (nSPS) is 16.1. The molecule has 1 aromatic carbocycles. The lowest BCUT2D eigenvalue weighted by atomic mass is 10.0. The van der Waals surface area contributed by atoms with Gasteiger partial charge >= 0.3 is 6.03 Å². The van der Waals surface area contributed by atoms with E-state index in [0.29, 0.717) is 24.7 Å². The van der Waals surface area contributed by atoms with Crippen LogP contribution in [0.1, 0.15) is 12.0 Å². The smallest absolute Gasteiger partial charge is 0.322 e. The van der Waals surface area contributed by atoms with E-state index in [1.807, 2.05) is 13.0 Å². The summed E-state index contributed by atoms with van der Waals surface area (Å²) in [7, 11) is 3.37. The highest BCUT2D eigenvalue weighted by atomic mass is 19.1. The molecule has 0 bridgehead atoms. The first kappa shape index (κ1) is 20.0. The van der Waals surface area contributed by atoms with Crippen molar-refractivity contribution in [2.75, 3.05) is 37.9 Å². The molecule has 3 heterocycles. The summed E-state index contributed by atoms with van der Waals surface area (Å²) in [6.45, 7) is 2.89. The molecule has 1 atom stereocenters. The number of rotatable bonds is 4. The van der Waals surface area contributed by atoms with Gasteiger partial charge in [-0.1, -0.05) is 0 Å². The van der Waals surface area contributed by atoms with E-state index >= 15 is 0 Å². The Morgan fingerprint density at radius 2 is 2.10 bits per heavy atom. The minimum atomic E-state index is -0.483. The molecule has 0 spiro atoms. The van der Waals surface area contributed by atoms with E-state index in [2.05, 4.69) is 25.6 Å². The number of likely N-dealkylation sites (tertiary alicyclic amines) is 1. The SMILES string of the molecule is CNc1ncc2cc(-c3cc(NC(=O)N4CC[C@@H](OC)C4)c(F)cc3C)cnc2n1. The van der Waals surface area contributed by atoms with Crippen LogP contribution in [0, 0.1) is 12.7 Å². The van der Waals surface area contributed by atoms with E-state index in [1.54, 1.807) is 37.5 Å². The van der Waals surface area contributed by atoms with Crippen molar-refractivity contribution in [3.8, 4) is 11.1 Å². The molecule has 156 valence electrons. The van der Waals surface area contributed by atoms with Crippen molar-refractivity contribution in [2.45, 2.75) is 19.4 Å². The molecule has 4 rings (SSSR count). The number of pyridine rings is 1. The number of aryl methyl sites for hydroxylation is 1. The van der Waals surface area contributed by atoms with Gasteiger partial charge in [-0.05, 0) is 42.7 Å². The Balaban J connectivity index is 1.63. The van der Waals surface area contributed by atoms with Gasteiger partial charge in [0.1, 0.15) is 5.82 Å². The summed E-state index contributed by atoms with van der Waals surface area (Å²) in [6.07, 6.45) is 4.16. The number of nitrogens with zero attached hydrogens (tertiary/aromatic N) is 4. The lowest BCUT2D eigenvalue weighted by Crippen LogP contribution is -2.34. The lowest BCUT2D eigenvalue weighted by Gasteiger charge is -2.18. The average Bonchev–Trinajstić information content (AvgIpc) is 3.24. The van der Waals surface area contributed by atoms with Crippen LogP contribution in [0.3, 0.4) is 0 Å². The maximum absolute atomic E-state index is 14.6. The summed E-state index contributed by atoms with van der Waals surface area (Å²) < 4.78 is 19.9. The maximum atomic E-state index is 14.6. The van der Waals surface area contributed by atoms with E-state index in [-0.39, 0.29) is 17.8 Å². The highest BCUT2D eigenvalue weighted by Gasteiger charge is 2.26. The second-order valence-corrected chi connectivity index (χ2v) is 7.25. The van der Waals surface area contributed by atoms with Crippen molar-refractivity contribution in [1.82, 2.24) is 19.9 Å². The number of hydrogen-bond donors (Lipinski definition) is 2. The Morgan fingerprint density at radius 3 is 2.83 bits per heavy atom. The fourth-order valence-electron chi connectivity index (χ4n) is 3.57. The minimum Gasteiger partial charge on any atom is -0.380 e. The number of urea groups is 1. The van der Waals surface area contributed by atoms with E-state index in [1.165, 1.54) is 6.07 Å². The molecule has 1 aliphatic heterocycles. The van der Waals surface area contributed by atoms with E-state index in [0.717, 1.165) is 28.5 Å². The molecular formula is C21H23FN6O2. The fraction of sp³-hybridized carbons (Fsp3) is 0.333. The number of methoxy groups -OCH3 is 1. The summed E-state index contributed by atoms with van der Waals surface area (Å²) in [4.78, 5) is 27.1. The largest absolute Gasteiger partial charge is 0.380 e. The molecule has 1 saturated heterocycles. The third-order valence-corrected chi connectivity index (χ3v) is 5.29. The number of halogens is 1. The van der Waals surface area contributed by atoms with Crippen molar-refractivity contribution in [3.63, 3.8) is 0 Å². The van der Waals surface area contributed by atoms with Crippen molar-refractivity contribution >= 4 is 28.7 Å². The van der Waals surface area contributed by atoms with Crippen LogP contribution in [0.2, 0.25) is 0 Å². The topological polar surface area (TPSA) is 92.3 Å². The van der Waals surface area contributed by atoms with Crippen molar-refractivity contribution in [2.24, 2.45) is 0 Å². The molecule has 2 aromatic heterocycles. The van der Waals surface area contributed by atoms with Gasteiger partial charge in [0, 0.05) is 50.6 Å². The molecule has 1 fully saturated rings. The molecular weight excluding hydrogens is 387 g/mol. The van der Waals surface area contributed by atoms with Crippen LogP contribution in [-0.2, 0) is 4.74 Å². The van der Waals surface area contributed by atoms with Gasteiger partial charge in [-0.25, -0.2) is 19.2 Å². The van der Waals surface area contributed by atoms with Crippen LogP contribution in [0.4, 0.5) is 20.8 Å². The second-order valence-electron chi connectivity index (χ2n) is 7.25. The van der Waals surface area contributed by atoms with E-state index in [4.69, 9.17) is 4.74 Å². The first-order chi connectivity index (χ1) is 14.5. The average molecular weight is 410 g/mol. The van der Waals surface area contributed by atoms with Gasteiger partial charge in [0.2, 0.25) is 5.95 Å². The number of nitrogens with one attached hydrogen (secondary N) is 2. The van der Waals surface area contributed by atoms with Crippen LogP contribution in [0.25, 0.3) is 22.2 Å². The molecule has 30 heavy (non-hydrogen) atoms. The van der Waals surface area contributed by atoms with Crippen LogP contribution in [0.15, 0.2) is 30.6 Å². The van der Waals surface area contributed by atoms with Crippen LogP contribution in [-0.4, -0.2) is 59.2 Å². The molecule has 0 radical (unpaired) electrons. The number of carbonyl (C=O) groups is 1. The van der Waals surface area contributed by atoms with Crippen molar-refractivity contribution < 1.29 is 13.9 Å². The third kappa shape index (κ3) is 3.88. The molecule has 2 N–H and O–H groups in total. The monoisotopic (exact) mass is 410 g/mol. The lowest BCUT2D eigenvalue weighted by molar-refractivity contribution is 0.111. The summed E-state index contributed by atoms with van der Waals surface area (Å²) in [5, 5.41) is 6.34. The Labute approximate surface area is 173 Å². The van der Waals surface area contributed by atoms with Gasteiger partial charge in [-0.2, -0.15) is 4.98 Å². The number of hydrogen-bond acceptors (Lipinski definition) is 6. The zero-order valence-corrected chi connectivity index (χ0v) is 17.1. The summed E-state index contributed by atoms with van der Waals surface area (Å²) in [5.74, 6) is 0.00571. The predicted molar refractivity (Wildman–Crippen MR) is 113 cm³/mol. The highest BCUT2D eigenvalue weighted by Crippen LogP contribution is 2.30. The van der Waals surface area contributed by atoms with Gasteiger partial charge in [-0.15, -0.1) is 0 Å². The minimum absolute atomic E-state index is 0.0171. The number of fused-ring (bicyclic) bond motifs is 1. The molecule has 0 saturated carbocycles. The number of benzene rings is 1. The predicted octanol–water partition coefficient (Wildman–Crippen LogP) is 3.43. The molecule has 3 aromatic rings. The first-order valence-corrected chi connectivity index (χ1v) is 9.68. The molecule has 2 amide bonds. The van der Waals surface area contributed by atoms with Gasteiger partial charge in [0.05, 0.1) is 11.8 Å². The zero-order valence-electron chi connectivity index (χ0n) is 17.1. The van der Waals surface area contributed by atoms with Gasteiger partial charge in [0.25, 0.3) is 0 Å². The maximum Gasteiger partial charge on any atom is 0.322 e. The van der Waals surface area contributed by atoms with Gasteiger partial charge in [0.15, 0.2) is 5.65 Å². The quantitative estimate of drug-likeness (QED) is 0.685. The number of amides is 2. The number of carbonyl (C=O) groups excluding carboxylic acids is 1. The first-order valence-electron chi connectivity index (χ1n) is 9.68. The van der Waals surface area contributed by atoms with Gasteiger partial charge in [-0.3, -0.25) is 0 Å². The Bertz CT molecular complexity index is 1110. The molecule has 0 unspecified atom stereocenters. The van der Waals surface area contributed by atoms with E-state index < -0.39 is 5.82 Å². The highest BCUT2D eigenvalue weighted by molar-refractivity contribution is 5.91. The van der Waals surface area contributed by atoms with Crippen LogP contribution < -0.4 is 10.6 Å². The van der Waals surface area contributed by atoms with Crippen molar-refractivity contribution in [1.29, 1.82) is 0 Å². The summed E-state index contributed by atoms with van der Waals surface area (Å²) >= 11 is 0. The second kappa shape index (κ2) is 8.19. The fourth-order valence-corrected chi connectivity index (χ4v) is 3.57. The Morgan fingerprint density at radius 1 is 1.27 bits per heavy atom. The Kier molecular flexibility index (Phi) is 5.45. The molecule has 1 aliphatic rings. The van der Waals surface area contributed by atoms with Gasteiger partial charge < -0.3 is 20.3 Å². The number of anilines is 2. The molecule has 0 aliphatic carbocycles. The van der Waals surface area contributed by atoms with Crippen molar-refractivity contribution in [3.05, 3.63) is 42.0 Å². The summed E-state index contributed by atoms with van der Waals surface area (Å²) in [6, 6.07) is 4.61. The number of aromatic nitrogens is 3. The van der Waals surface area contributed by atoms with E-state index in [9.17, 15) is 9.18 Å². The Hall–Kier alpha value is -3.33.